The van der Waals surface area contributed by atoms with Crippen molar-refractivity contribution in [1.82, 2.24) is 30.2 Å². The van der Waals surface area contributed by atoms with Crippen LogP contribution in [-0.4, -0.2) is 66.0 Å². The third-order valence-corrected chi connectivity index (χ3v) is 5.02. The number of carbonyl (C=O) groups is 3. The number of aliphatic carboxylic acids is 2. The van der Waals surface area contributed by atoms with Crippen molar-refractivity contribution >= 4 is 40.8 Å². The highest BCUT2D eigenvalue weighted by atomic mass is 16.4. The van der Waals surface area contributed by atoms with Gasteiger partial charge in [-0.05, 0) is 18.9 Å². The normalized spacial score (nSPS) is 16.2. The number of allylic oxidation sites excluding steroid dienone is 2. The smallest absolute Gasteiger partial charge is 0.326 e. The first kappa shape index (κ1) is 23.4. The van der Waals surface area contributed by atoms with Crippen molar-refractivity contribution in [3.63, 3.8) is 0 Å². The van der Waals surface area contributed by atoms with Gasteiger partial charge in [0.1, 0.15) is 6.04 Å². The Hall–Kier alpha value is -4.29. The molecule has 0 fully saturated rings. The number of amides is 1. The number of nitrogens with one attached hydrogen (secondary N) is 1. The Bertz CT molecular complexity index is 1150. The second-order valence-electron chi connectivity index (χ2n) is 7.52. The van der Waals surface area contributed by atoms with Gasteiger partial charge in [-0.25, -0.2) is 14.8 Å². The molecule has 1 aliphatic carbocycles. The van der Waals surface area contributed by atoms with Gasteiger partial charge in [-0.3, -0.25) is 9.59 Å². The summed E-state index contributed by atoms with van der Waals surface area (Å²) in [5.41, 5.74) is 13.5. The summed E-state index contributed by atoms with van der Waals surface area (Å²) in [6, 6.07) is -1.26. The van der Waals surface area contributed by atoms with Gasteiger partial charge in [-0.1, -0.05) is 12.2 Å². The predicted octanol–water partition coefficient (Wildman–Crippen LogP) is -0.0898. The van der Waals surface area contributed by atoms with Crippen LogP contribution in [0.3, 0.4) is 0 Å². The number of nitrogens with zero attached hydrogens (tertiary/aromatic N) is 5. The lowest BCUT2D eigenvalue weighted by atomic mass is 9.97. The summed E-state index contributed by atoms with van der Waals surface area (Å²) < 4.78 is 0. The minimum Gasteiger partial charge on any atom is -0.481 e. The molecule has 0 saturated carbocycles. The Balaban J connectivity index is 1.60. The lowest BCUT2D eigenvalue weighted by Crippen LogP contribution is -2.43. The van der Waals surface area contributed by atoms with Crippen LogP contribution >= 0.6 is 0 Å². The van der Waals surface area contributed by atoms with Crippen LogP contribution in [-0.2, 0) is 20.9 Å². The molecule has 0 saturated heterocycles. The molecule has 0 spiro atoms. The highest BCUT2D eigenvalue weighted by Crippen LogP contribution is 2.21. The van der Waals surface area contributed by atoms with E-state index in [9.17, 15) is 19.5 Å². The van der Waals surface area contributed by atoms with Gasteiger partial charge in [-0.15, -0.1) is 0 Å². The summed E-state index contributed by atoms with van der Waals surface area (Å²) in [5, 5.41) is 20.3. The Labute approximate surface area is 188 Å². The van der Waals surface area contributed by atoms with Crippen LogP contribution in [0.25, 0.3) is 11.2 Å². The number of carbonyl (C=O) groups excluding carboxylic acids is 1. The number of rotatable bonds is 9. The van der Waals surface area contributed by atoms with Crippen LogP contribution in [0.15, 0.2) is 30.1 Å². The van der Waals surface area contributed by atoms with E-state index in [0.29, 0.717) is 29.8 Å². The zero-order valence-electron chi connectivity index (χ0n) is 17.8. The van der Waals surface area contributed by atoms with Crippen molar-refractivity contribution in [1.29, 1.82) is 0 Å². The van der Waals surface area contributed by atoms with Crippen molar-refractivity contribution in [3.8, 4) is 0 Å². The third-order valence-electron chi connectivity index (χ3n) is 5.02. The van der Waals surface area contributed by atoms with Gasteiger partial charge in [-0.2, -0.15) is 9.97 Å². The standard InChI is InChI=1S/C20H24N8O5/c1-28(9-11-8-23-17-15(24-11)16(21)26-20(22)27-17)12-4-2-10(3-5-12)18(31)25-13(19(32)33)6-7-14(29)30/h2,4-5,8,10,13H,3,6-7,9H2,1H3,(H,25,31)(H,29,30)(H,32,33)(H4,21,22,23,26,27). The predicted molar refractivity (Wildman–Crippen MR) is 117 cm³/mol. The van der Waals surface area contributed by atoms with E-state index >= 15 is 0 Å². The minimum absolute atomic E-state index is 0.0202. The van der Waals surface area contributed by atoms with E-state index in [1.807, 2.05) is 18.0 Å². The lowest BCUT2D eigenvalue weighted by molar-refractivity contribution is -0.143. The molecule has 2 aromatic heterocycles. The van der Waals surface area contributed by atoms with E-state index in [0.717, 1.165) is 5.70 Å². The van der Waals surface area contributed by atoms with Crippen LogP contribution < -0.4 is 16.8 Å². The first-order valence-corrected chi connectivity index (χ1v) is 10.0. The Kier molecular flexibility index (Phi) is 7.00. The molecule has 0 aromatic carbocycles. The zero-order chi connectivity index (χ0) is 24.1. The van der Waals surface area contributed by atoms with Gasteiger partial charge in [0.2, 0.25) is 11.9 Å². The van der Waals surface area contributed by atoms with Crippen molar-refractivity contribution in [2.45, 2.75) is 31.8 Å². The highest BCUT2D eigenvalue weighted by Gasteiger charge is 2.25. The van der Waals surface area contributed by atoms with E-state index in [1.54, 1.807) is 18.3 Å². The summed E-state index contributed by atoms with van der Waals surface area (Å²) in [6.45, 7) is 0.399. The van der Waals surface area contributed by atoms with E-state index in [4.69, 9.17) is 16.6 Å². The number of hydrogen-bond acceptors (Lipinski definition) is 10. The highest BCUT2D eigenvalue weighted by molar-refractivity contribution is 5.86. The molecular formula is C20H24N8O5. The first-order chi connectivity index (χ1) is 15.6. The maximum Gasteiger partial charge on any atom is 0.326 e. The SMILES string of the molecule is CN(Cc1cnc2nc(N)nc(N)c2n1)C1=CCC(C(=O)NC(CCC(=O)O)C(=O)O)C=C1. The second-order valence-corrected chi connectivity index (χ2v) is 7.52. The molecule has 0 aliphatic heterocycles. The van der Waals surface area contributed by atoms with Crippen LogP contribution in [0.1, 0.15) is 25.0 Å². The molecule has 1 amide bonds. The van der Waals surface area contributed by atoms with Gasteiger partial charge in [0, 0.05) is 19.2 Å². The van der Waals surface area contributed by atoms with E-state index < -0.39 is 29.8 Å². The Morgan fingerprint density at radius 2 is 2.00 bits per heavy atom. The summed E-state index contributed by atoms with van der Waals surface area (Å²) in [6.07, 6.45) is 6.67. The fourth-order valence-corrected chi connectivity index (χ4v) is 3.28. The maximum absolute atomic E-state index is 12.4. The molecule has 13 nitrogen and oxygen atoms in total. The summed E-state index contributed by atoms with van der Waals surface area (Å²) in [5.74, 6) is -3.27. The van der Waals surface area contributed by atoms with Crippen molar-refractivity contribution in [3.05, 3.63) is 35.8 Å². The molecular weight excluding hydrogens is 432 g/mol. The number of nitrogens with two attached hydrogens (primary N) is 2. The largest absolute Gasteiger partial charge is 0.481 e. The van der Waals surface area contributed by atoms with Crippen LogP contribution in [0.4, 0.5) is 11.8 Å². The monoisotopic (exact) mass is 456 g/mol. The molecule has 13 heteroatoms. The molecule has 2 unspecified atom stereocenters. The lowest BCUT2D eigenvalue weighted by Gasteiger charge is -2.24. The summed E-state index contributed by atoms with van der Waals surface area (Å²) in [7, 11) is 1.84. The quantitative estimate of drug-likeness (QED) is 0.335. The molecule has 174 valence electrons. The third kappa shape index (κ3) is 5.90. The Morgan fingerprint density at radius 1 is 1.24 bits per heavy atom. The number of carboxylic acids is 2. The molecule has 3 rings (SSSR count). The van der Waals surface area contributed by atoms with Crippen molar-refractivity contribution < 1.29 is 24.6 Å². The number of nitrogen functional groups attached to an aromatic ring is 2. The Morgan fingerprint density at radius 3 is 2.64 bits per heavy atom. The topological polar surface area (TPSA) is 211 Å². The van der Waals surface area contributed by atoms with E-state index in [1.165, 1.54) is 0 Å². The van der Waals surface area contributed by atoms with Crippen LogP contribution in [0.5, 0.6) is 0 Å². The fraction of sp³-hybridized carbons (Fsp3) is 0.350. The van der Waals surface area contributed by atoms with Crippen LogP contribution in [0, 0.1) is 5.92 Å². The number of anilines is 2. The van der Waals surface area contributed by atoms with Crippen molar-refractivity contribution in [2.24, 2.45) is 5.92 Å². The van der Waals surface area contributed by atoms with Gasteiger partial charge >= 0.3 is 11.9 Å². The molecule has 0 bridgehead atoms. The molecule has 2 aromatic rings. The van der Waals surface area contributed by atoms with Gasteiger partial charge in [0.05, 0.1) is 24.4 Å². The van der Waals surface area contributed by atoms with Crippen molar-refractivity contribution in [2.75, 3.05) is 18.5 Å². The number of carboxylic acid groups (broad SMARTS) is 2. The summed E-state index contributed by atoms with van der Waals surface area (Å²) in [4.78, 5) is 52.9. The minimum atomic E-state index is -1.27. The number of fused-ring (bicyclic) bond motifs is 1. The van der Waals surface area contributed by atoms with E-state index in [-0.39, 0.29) is 24.6 Å². The molecule has 2 heterocycles. The molecule has 2 atom stereocenters. The molecule has 7 N–H and O–H groups in total. The van der Waals surface area contributed by atoms with E-state index in [2.05, 4.69) is 25.3 Å². The van der Waals surface area contributed by atoms with Crippen LogP contribution in [0.2, 0.25) is 0 Å². The number of likely N-dealkylation sites (N-methyl/N-ethyl adjacent to an activating group) is 1. The maximum atomic E-state index is 12.4. The number of aromatic nitrogens is 4. The summed E-state index contributed by atoms with van der Waals surface area (Å²) >= 11 is 0. The van der Waals surface area contributed by atoms with Gasteiger partial charge in [0.15, 0.2) is 17.0 Å². The first-order valence-electron chi connectivity index (χ1n) is 10.0. The average Bonchev–Trinajstić information content (AvgIpc) is 2.76. The molecule has 0 radical (unpaired) electrons. The number of hydrogen-bond donors (Lipinski definition) is 5. The second kappa shape index (κ2) is 9.89. The molecule has 33 heavy (non-hydrogen) atoms. The van der Waals surface area contributed by atoms with Gasteiger partial charge < -0.3 is 31.9 Å². The average molecular weight is 456 g/mol. The van der Waals surface area contributed by atoms with Gasteiger partial charge in [0.25, 0.3) is 0 Å². The fourth-order valence-electron chi connectivity index (χ4n) is 3.28. The zero-order valence-corrected chi connectivity index (χ0v) is 17.8. The molecule has 1 aliphatic rings.